The van der Waals surface area contributed by atoms with E-state index >= 15 is 0 Å². The highest BCUT2D eigenvalue weighted by Crippen LogP contribution is 2.29. The maximum Gasteiger partial charge on any atom is 0.139 e. The Morgan fingerprint density at radius 1 is 1.15 bits per heavy atom. The molecule has 66 valence electrons. The molecule has 0 spiro atoms. The Balaban J connectivity index is 2.89. The minimum atomic E-state index is 0.151. The van der Waals surface area contributed by atoms with E-state index in [0.717, 1.165) is 16.3 Å². The lowest BCUT2D eigenvalue weighted by molar-refractivity contribution is 0.478. The first kappa shape index (κ1) is 7.92. The second-order valence-corrected chi connectivity index (χ2v) is 3.22. The second kappa shape index (κ2) is 2.66. The summed E-state index contributed by atoms with van der Waals surface area (Å²) < 4.78 is 0. The van der Waals surface area contributed by atoms with Crippen LogP contribution in [-0.4, -0.2) is 5.11 Å². The SMILES string of the molecule is Cc1ccc2ccc(O)c(N)c2c1. The van der Waals surface area contributed by atoms with Gasteiger partial charge in [-0.3, -0.25) is 0 Å². The number of phenols is 1. The predicted octanol–water partition coefficient (Wildman–Crippen LogP) is 2.44. The van der Waals surface area contributed by atoms with Gasteiger partial charge in [0.05, 0.1) is 5.69 Å². The Morgan fingerprint density at radius 3 is 2.62 bits per heavy atom. The molecule has 0 atom stereocenters. The Bertz CT molecular complexity index is 458. The fourth-order valence-corrected chi connectivity index (χ4v) is 1.45. The number of benzene rings is 2. The van der Waals surface area contributed by atoms with Gasteiger partial charge in [-0.2, -0.15) is 0 Å². The molecule has 2 aromatic carbocycles. The fourth-order valence-electron chi connectivity index (χ4n) is 1.45. The Hall–Kier alpha value is -1.70. The number of aromatic hydroxyl groups is 1. The molecule has 0 saturated carbocycles. The first-order valence-electron chi connectivity index (χ1n) is 4.16. The van der Waals surface area contributed by atoms with E-state index < -0.39 is 0 Å². The van der Waals surface area contributed by atoms with Gasteiger partial charge in [0.1, 0.15) is 5.75 Å². The van der Waals surface area contributed by atoms with Gasteiger partial charge in [0.15, 0.2) is 0 Å². The highest BCUT2D eigenvalue weighted by atomic mass is 16.3. The molecule has 0 radical (unpaired) electrons. The van der Waals surface area contributed by atoms with Crippen LogP contribution in [0.3, 0.4) is 0 Å². The summed E-state index contributed by atoms with van der Waals surface area (Å²) in [6.07, 6.45) is 0. The van der Waals surface area contributed by atoms with Crippen molar-refractivity contribution < 1.29 is 5.11 Å². The highest BCUT2D eigenvalue weighted by molar-refractivity contribution is 5.96. The molecule has 2 aromatic rings. The summed E-state index contributed by atoms with van der Waals surface area (Å²) in [7, 11) is 0. The Labute approximate surface area is 76.6 Å². The van der Waals surface area contributed by atoms with Gasteiger partial charge in [-0.05, 0) is 24.4 Å². The minimum Gasteiger partial charge on any atom is -0.506 e. The average molecular weight is 173 g/mol. The average Bonchev–Trinajstić information content (AvgIpc) is 2.12. The summed E-state index contributed by atoms with van der Waals surface area (Å²) in [4.78, 5) is 0. The van der Waals surface area contributed by atoms with Crippen molar-refractivity contribution >= 4 is 16.5 Å². The second-order valence-electron chi connectivity index (χ2n) is 3.22. The number of nitrogens with two attached hydrogens (primary N) is 1. The number of aryl methyl sites for hydroxylation is 1. The molecule has 13 heavy (non-hydrogen) atoms. The first-order chi connectivity index (χ1) is 6.18. The Kier molecular flexibility index (Phi) is 1.62. The molecule has 0 aliphatic carbocycles. The molecular formula is C11H11NO. The van der Waals surface area contributed by atoms with E-state index in [1.807, 2.05) is 31.2 Å². The molecule has 0 aromatic heterocycles. The molecule has 0 saturated heterocycles. The standard InChI is InChI=1S/C11H11NO/c1-7-2-3-8-4-5-10(13)11(12)9(8)6-7/h2-6,13H,12H2,1H3. The summed E-state index contributed by atoms with van der Waals surface area (Å²) in [5.41, 5.74) is 7.34. The van der Waals surface area contributed by atoms with Gasteiger partial charge in [-0.15, -0.1) is 0 Å². The zero-order chi connectivity index (χ0) is 9.42. The summed E-state index contributed by atoms with van der Waals surface area (Å²) in [6, 6.07) is 9.48. The van der Waals surface area contributed by atoms with Crippen LogP contribution in [0.2, 0.25) is 0 Å². The Morgan fingerprint density at radius 2 is 1.85 bits per heavy atom. The van der Waals surface area contributed by atoms with E-state index in [-0.39, 0.29) is 5.75 Å². The van der Waals surface area contributed by atoms with Crippen LogP contribution in [0.5, 0.6) is 5.75 Å². The molecule has 2 heteroatoms. The molecule has 0 fully saturated rings. The van der Waals surface area contributed by atoms with Crippen molar-refractivity contribution in [2.24, 2.45) is 0 Å². The van der Waals surface area contributed by atoms with E-state index in [1.54, 1.807) is 6.07 Å². The molecule has 2 nitrogen and oxygen atoms in total. The van der Waals surface area contributed by atoms with Crippen molar-refractivity contribution in [3.05, 3.63) is 35.9 Å². The smallest absolute Gasteiger partial charge is 0.139 e. The molecule has 0 aliphatic heterocycles. The molecule has 0 amide bonds. The largest absolute Gasteiger partial charge is 0.506 e. The first-order valence-corrected chi connectivity index (χ1v) is 4.16. The van der Waals surface area contributed by atoms with Crippen molar-refractivity contribution in [1.82, 2.24) is 0 Å². The van der Waals surface area contributed by atoms with Crippen LogP contribution < -0.4 is 5.73 Å². The zero-order valence-electron chi connectivity index (χ0n) is 7.41. The number of anilines is 1. The third kappa shape index (κ3) is 1.20. The topological polar surface area (TPSA) is 46.2 Å². The zero-order valence-corrected chi connectivity index (χ0v) is 7.41. The molecule has 0 unspecified atom stereocenters. The van der Waals surface area contributed by atoms with Gasteiger partial charge in [0, 0.05) is 5.39 Å². The molecule has 3 N–H and O–H groups in total. The molecule has 2 rings (SSSR count). The van der Waals surface area contributed by atoms with Gasteiger partial charge in [0.2, 0.25) is 0 Å². The van der Waals surface area contributed by atoms with Crippen molar-refractivity contribution in [3.63, 3.8) is 0 Å². The van der Waals surface area contributed by atoms with E-state index in [0.29, 0.717) is 5.69 Å². The third-order valence-corrected chi connectivity index (χ3v) is 2.20. The predicted molar refractivity (Wildman–Crippen MR) is 54.8 cm³/mol. The third-order valence-electron chi connectivity index (χ3n) is 2.20. The quantitative estimate of drug-likeness (QED) is 0.474. The summed E-state index contributed by atoms with van der Waals surface area (Å²) in [5, 5.41) is 11.4. The lowest BCUT2D eigenvalue weighted by Gasteiger charge is -2.04. The summed E-state index contributed by atoms with van der Waals surface area (Å²) in [5.74, 6) is 0.151. The van der Waals surface area contributed by atoms with E-state index in [1.165, 1.54) is 0 Å². The van der Waals surface area contributed by atoms with E-state index in [2.05, 4.69) is 0 Å². The number of hydrogen-bond donors (Lipinski definition) is 2. The van der Waals surface area contributed by atoms with Crippen LogP contribution in [0.25, 0.3) is 10.8 Å². The molecule has 0 aliphatic rings. The lowest BCUT2D eigenvalue weighted by atomic mass is 10.1. The summed E-state index contributed by atoms with van der Waals surface area (Å²) in [6.45, 7) is 2.00. The van der Waals surface area contributed by atoms with Gasteiger partial charge < -0.3 is 10.8 Å². The van der Waals surface area contributed by atoms with Gasteiger partial charge in [0.25, 0.3) is 0 Å². The van der Waals surface area contributed by atoms with Crippen molar-refractivity contribution in [1.29, 1.82) is 0 Å². The highest BCUT2D eigenvalue weighted by Gasteiger charge is 2.02. The van der Waals surface area contributed by atoms with Crippen molar-refractivity contribution in [2.75, 3.05) is 5.73 Å². The van der Waals surface area contributed by atoms with Gasteiger partial charge in [-0.25, -0.2) is 0 Å². The fraction of sp³-hybridized carbons (Fsp3) is 0.0909. The number of hydrogen-bond acceptors (Lipinski definition) is 2. The minimum absolute atomic E-state index is 0.151. The van der Waals surface area contributed by atoms with Gasteiger partial charge in [-0.1, -0.05) is 23.8 Å². The van der Waals surface area contributed by atoms with Crippen LogP contribution >= 0.6 is 0 Å². The number of phenolic OH excluding ortho intramolecular Hbond substituents is 1. The van der Waals surface area contributed by atoms with E-state index in [9.17, 15) is 5.11 Å². The lowest BCUT2D eigenvalue weighted by Crippen LogP contribution is -1.88. The maximum absolute atomic E-state index is 9.38. The molecule has 0 heterocycles. The normalized spacial score (nSPS) is 10.5. The monoisotopic (exact) mass is 173 g/mol. The van der Waals surface area contributed by atoms with Crippen LogP contribution in [0.4, 0.5) is 5.69 Å². The number of rotatable bonds is 0. The summed E-state index contributed by atoms with van der Waals surface area (Å²) >= 11 is 0. The van der Waals surface area contributed by atoms with Crippen LogP contribution in [0.1, 0.15) is 5.56 Å². The molecular weight excluding hydrogens is 162 g/mol. The van der Waals surface area contributed by atoms with Crippen molar-refractivity contribution in [2.45, 2.75) is 6.92 Å². The van der Waals surface area contributed by atoms with Crippen LogP contribution in [0.15, 0.2) is 30.3 Å². The van der Waals surface area contributed by atoms with Gasteiger partial charge >= 0.3 is 0 Å². The maximum atomic E-state index is 9.38. The van der Waals surface area contributed by atoms with Crippen LogP contribution in [0, 0.1) is 6.92 Å². The molecule has 0 bridgehead atoms. The van der Waals surface area contributed by atoms with Crippen molar-refractivity contribution in [3.8, 4) is 5.75 Å². The number of fused-ring (bicyclic) bond motifs is 1. The van der Waals surface area contributed by atoms with E-state index in [4.69, 9.17) is 5.73 Å². The number of nitrogen functional groups attached to an aromatic ring is 1. The van der Waals surface area contributed by atoms with Crippen LogP contribution in [-0.2, 0) is 0 Å².